The molecule has 1 heterocycles. The molecule has 0 spiro atoms. The molecule has 0 aromatic rings. The molecular weight excluding hydrogens is 1070 g/mol. The molecule has 1 fully saturated rings. The number of hydrogen-bond donors (Lipinski definition) is 3. The summed E-state index contributed by atoms with van der Waals surface area (Å²) in [6.45, 7) is 5.68. The van der Waals surface area contributed by atoms with Crippen LogP contribution in [0.15, 0.2) is 134 Å². The van der Waals surface area contributed by atoms with Crippen molar-refractivity contribution in [1.82, 2.24) is 0 Å². The largest absolute Gasteiger partial charge is 0.479 e. The lowest BCUT2D eigenvalue weighted by molar-refractivity contribution is -0.301. The van der Waals surface area contributed by atoms with Gasteiger partial charge in [0, 0.05) is 19.3 Å². The lowest BCUT2D eigenvalue weighted by atomic mass is 9.98. The Hall–Kier alpha value is -5.14. The minimum Gasteiger partial charge on any atom is -0.479 e. The Morgan fingerprint density at radius 2 is 0.765 bits per heavy atom. The van der Waals surface area contributed by atoms with Crippen molar-refractivity contribution in [3.05, 3.63) is 134 Å². The predicted molar refractivity (Wildman–Crippen MR) is 349 cm³/mol. The first-order valence-electron chi connectivity index (χ1n) is 33.2. The number of carbonyl (C=O) groups is 4. The molecule has 480 valence electrons. The molecule has 0 saturated carbocycles. The van der Waals surface area contributed by atoms with Crippen molar-refractivity contribution in [3.63, 3.8) is 0 Å². The van der Waals surface area contributed by atoms with Gasteiger partial charge in [0.05, 0.1) is 6.61 Å². The van der Waals surface area contributed by atoms with Crippen molar-refractivity contribution in [3.8, 4) is 0 Å². The fraction of sp³-hybridized carbons (Fsp3) is 0.644. The standard InChI is InChI=1S/C73H116O12/c1-4-7-10-13-16-19-22-25-28-31-33-36-38-41-44-47-50-53-56-59-65(74)81-62-64(83-66(75)60-57-54-51-48-45-42-39-35-30-27-24-21-18-15-12-9-6-3)63-82-73-71(69(78)68(77)70(85-73)72(79)80)84-67(76)61-58-55-52-49-46-43-40-37-34-32-29-26-23-20-17-14-11-8-5-2/h7,9-10,12,16,18-19,21,25,27-28,30,33,36,39,41-42,44,48,50-51,53,64,68-71,73,77-78H,4-6,8,11,13-15,17,20,22-24,26,29,31-32,34-35,37-38,40,43,45-47,49,52,54-63H2,1-3H3,(H,79,80)/b10-7-,12-9-,19-16-,21-18-,28-25-,30-27-,36-33-,42-39-,44-41-,51-48-,53-50-. The van der Waals surface area contributed by atoms with Crippen LogP contribution >= 0.6 is 0 Å². The summed E-state index contributed by atoms with van der Waals surface area (Å²) in [4.78, 5) is 51.3. The Labute approximate surface area is 515 Å². The van der Waals surface area contributed by atoms with E-state index in [0.717, 1.165) is 89.9 Å². The normalized spacial score (nSPS) is 18.3. The Morgan fingerprint density at radius 3 is 1.16 bits per heavy atom. The zero-order valence-corrected chi connectivity index (χ0v) is 53.1. The number of hydrogen-bond acceptors (Lipinski definition) is 11. The van der Waals surface area contributed by atoms with Gasteiger partial charge < -0.3 is 39.0 Å². The van der Waals surface area contributed by atoms with Crippen LogP contribution in [0.2, 0.25) is 0 Å². The van der Waals surface area contributed by atoms with Gasteiger partial charge in [0.25, 0.3) is 0 Å². The minimum atomic E-state index is -1.93. The second-order valence-corrected chi connectivity index (χ2v) is 22.0. The molecule has 0 aromatic heterocycles. The SMILES string of the molecule is CC/C=C\C/C=C\C/C=C\C/C=C\C/C=C\C/C=C\CCC(=O)OCC(COC1OC(C(=O)O)C(O)C(O)C1OC(=O)CCCCCCCCCCCCCCCCCCCCC)OC(=O)CCC/C=C\C/C=C\C/C=C\C/C=C\C/C=C\CC. The molecule has 6 unspecified atom stereocenters. The minimum absolute atomic E-state index is 0.0433. The van der Waals surface area contributed by atoms with Crippen LogP contribution in [0.4, 0.5) is 0 Å². The monoisotopic (exact) mass is 1180 g/mol. The fourth-order valence-corrected chi connectivity index (χ4v) is 9.25. The van der Waals surface area contributed by atoms with Crippen molar-refractivity contribution in [2.24, 2.45) is 0 Å². The number of carbonyl (C=O) groups excluding carboxylic acids is 3. The molecule has 1 rings (SSSR count). The fourth-order valence-electron chi connectivity index (χ4n) is 9.25. The van der Waals surface area contributed by atoms with Crippen LogP contribution in [-0.2, 0) is 42.9 Å². The molecule has 12 nitrogen and oxygen atoms in total. The van der Waals surface area contributed by atoms with Gasteiger partial charge in [-0.05, 0) is 96.3 Å². The Bertz CT molecular complexity index is 1990. The van der Waals surface area contributed by atoms with Gasteiger partial charge in [0.15, 0.2) is 24.6 Å². The number of ether oxygens (including phenoxy) is 5. The zero-order valence-electron chi connectivity index (χ0n) is 53.1. The Balaban J connectivity index is 2.73. The van der Waals surface area contributed by atoms with E-state index in [9.17, 15) is 34.5 Å². The summed E-state index contributed by atoms with van der Waals surface area (Å²) in [5.74, 6) is -3.32. The molecule has 0 bridgehead atoms. The topological polar surface area (TPSA) is 175 Å². The van der Waals surface area contributed by atoms with Gasteiger partial charge in [-0.15, -0.1) is 0 Å². The van der Waals surface area contributed by atoms with E-state index in [1.807, 2.05) is 24.3 Å². The van der Waals surface area contributed by atoms with Gasteiger partial charge in [-0.1, -0.05) is 270 Å². The maximum atomic E-state index is 13.2. The first-order valence-corrected chi connectivity index (χ1v) is 33.2. The molecule has 6 atom stereocenters. The first-order chi connectivity index (χ1) is 41.6. The number of unbranched alkanes of at least 4 members (excludes halogenated alkanes) is 19. The summed E-state index contributed by atoms with van der Waals surface area (Å²) in [5, 5.41) is 31.6. The Kier molecular flexibility index (Phi) is 54.2. The third-order valence-electron chi connectivity index (χ3n) is 14.2. The summed E-state index contributed by atoms with van der Waals surface area (Å²) in [5.41, 5.74) is 0. The van der Waals surface area contributed by atoms with Gasteiger partial charge >= 0.3 is 23.9 Å². The van der Waals surface area contributed by atoms with Crippen molar-refractivity contribution < 1.29 is 58.2 Å². The second-order valence-electron chi connectivity index (χ2n) is 22.0. The summed E-state index contributed by atoms with van der Waals surface area (Å²) in [7, 11) is 0. The van der Waals surface area contributed by atoms with Crippen LogP contribution < -0.4 is 0 Å². The van der Waals surface area contributed by atoms with E-state index < -0.39 is 67.3 Å². The van der Waals surface area contributed by atoms with E-state index in [1.165, 1.54) is 89.9 Å². The maximum Gasteiger partial charge on any atom is 0.335 e. The molecular formula is C73H116O12. The molecule has 0 radical (unpaired) electrons. The second kappa shape index (κ2) is 59.2. The maximum absolute atomic E-state index is 13.2. The number of aliphatic hydroxyl groups is 2. The highest BCUT2D eigenvalue weighted by molar-refractivity contribution is 5.74. The van der Waals surface area contributed by atoms with Crippen LogP contribution in [0.1, 0.15) is 252 Å². The van der Waals surface area contributed by atoms with Crippen LogP contribution in [-0.4, -0.2) is 89.2 Å². The third-order valence-corrected chi connectivity index (χ3v) is 14.2. The van der Waals surface area contributed by atoms with Gasteiger partial charge in [-0.3, -0.25) is 14.4 Å². The summed E-state index contributed by atoms with van der Waals surface area (Å²) < 4.78 is 28.4. The summed E-state index contributed by atoms with van der Waals surface area (Å²) >= 11 is 0. The molecule has 0 amide bonds. The summed E-state index contributed by atoms with van der Waals surface area (Å²) in [6, 6.07) is 0. The average molecular weight is 1190 g/mol. The van der Waals surface area contributed by atoms with Crippen molar-refractivity contribution in [2.45, 2.75) is 289 Å². The van der Waals surface area contributed by atoms with E-state index >= 15 is 0 Å². The van der Waals surface area contributed by atoms with E-state index in [2.05, 4.69) is 130 Å². The highest BCUT2D eigenvalue weighted by atomic mass is 16.7. The van der Waals surface area contributed by atoms with Crippen molar-refractivity contribution in [2.75, 3.05) is 13.2 Å². The lowest BCUT2D eigenvalue weighted by Crippen LogP contribution is -2.61. The van der Waals surface area contributed by atoms with Crippen LogP contribution in [0, 0.1) is 0 Å². The first kappa shape index (κ1) is 77.9. The molecule has 1 aliphatic heterocycles. The van der Waals surface area contributed by atoms with Gasteiger partial charge in [0.2, 0.25) is 0 Å². The highest BCUT2D eigenvalue weighted by Crippen LogP contribution is 2.26. The van der Waals surface area contributed by atoms with E-state index in [4.69, 9.17) is 23.7 Å². The molecule has 1 aliphatic rings. The third kappa shape index (κ3) is 48.6. The van der Waals surface area contributed by atoms with Gasteiger partial charge in [-0.25, -0.2) is 4.79 Å². The highest BCUT2D eigenvalue weighted by Gasteiger charge is 2.50. The molecule has 85 heavy (non-hydrogen) atoms. The molecule has 1 saturated heterocycles. The molecule has 0 aliphatic carbocycles. The number of carboxylic acids is 1. The number of aliphatic carboxylic acids is 1. The smallest absolute Gasteiger partial charge is 0.335 e. The number of esters is 3. The zero-order chi connectivity index (χ0) is 61.7. The number of rotatable bonds is 55. The number of carboxylic acid groups (broad SMARTS) is 1. The average Bonchev–Trinajstić information content (AvgIpc) is 3.51. The molecule has 0 aromatic carbocycles. The van der Waals surface area contributed by atoms with E-state index in [1.54, 1.807) is 0 Å². The lowest BCUT2D eigenvalue weighted by Gasteiger charge is -2.40. The summed E-state index contributed by atoms with van der Waals surface area (Å²) in [6.07, 6.45) is 71.5. The Morgan fingerprint density at radius 1 is 0.400 bits per heavy atom. The predicted octanol–water partition coefficient (Wildman–Crippen LogP) is 18.1. The molecule has 3 N–H and O–H groups in total. The van der Waals surface area contributed by atoms with Crippen LogP contribution in [0.3, 0.4) is 0 Å². The van der Waals surface area contributed by atoms with Crippen LogP contribution in [0.5, 0.6) is 0 Å². The van der Waals surface area contributed by atoms with Crippen molar-refractivity contribution in [1.29, 1.82) is 0 Å². The number of aliphatic hydroxyl groups excluding tert-OH is 2. The quantitative estimate of drug-likeness (QED) is 0.0228. The number of allylic oxidation sites excluding steroid dienone is 22. The molecule has 12 heteroatoms. The van der Waals surface area contributed by atoms with E-state index in [-0.39, 0.29) is 25.9 Å². The van der Waals surface area contributed by atoms with E-state index in [0.29, 0.717) is 32.1 Å². The van der Waals surface area contributed by atoms with Crippen molar-refractivity contribution >= 4 is 23.9 Å². The van der Waals surface area contributed by atoms with Gasteiger partial charge in [-0.2, -0.15) is 0 Å². The van der Waals surface area contributed by atoms with Crippen LogP contribution in [0.25, 0.3) is 0 Å². The van der Waals surface area contributed by atoms with Gasteiger partial charge in [0.1, 0.15) is 18.8 Å².